The number of nitrogens with one attached hydrogen (secondary N) is 2. The van der Waals surface area contributed by atoms with E-state index in [-0.39, 0.29) is 18.2 Å². The van der Waals surface area contributed by atoms with Crippen molar-refractivity contribution in [3.05, 3.63) is 39.8 Å². The van der Waals surface area contributed by atoms with Crippen LogP contribution < -0.4 is 20.1 Å². The summed E-state index contributed by atoms with van der Waals surface area (Å²) in [5, 5.41) is 7.30. The molecule has 2 aliphatic heterocycles. The van der Waals surface area contributed by atoms with Crippen molar-refractivity contribution in [3.63, 3.8) is 0 Å². The summed E-state index contributed by atoms with van der Waals surface area (Å²) in [7, 11) is 1.60. The summed E-state index contributed by atoms with van der Waals surface area (Å²) in [5.41, 5.74) is 2.58. The molecule has 0 saturated carbocycles. The topological polar surface area (TPSA) is 89.1 Å². The maximum absolute atomic E-state index is 12.9. The number of hydrogen-bond acceptors (Lipinski definition) is 7. The van der Waals surface area contributed by atoms with Gasteiger partial charge in [0.05, 0.1) is 32.4 Å². The summed E-state index contributed by atoms with van der Waals surface area (Å²) in [5.74, 6) is 1.17. The Balaban J connectivity index is 1.59. The van der Waals surface area contributed by atoms with Crippen LogP contribution in [0.5, 0.6) is 11.5 Å². The lowest BCUT2D eigenvalue weighted by Crippen LogP contribution is -2.39. The lowest BCUT2D eigenvalue weighted by atomic mass is 10.0. The number of hydrogen-bond donors (Lipinski definition) is 2. The van der Waals surface area contributed by atoms with Gasteiger partial charge in [0.2, 0.25) is 0 Å². The minimum absolute atomic E-state index is 0.107. The highest BCUT2D eigenvalue weighted by Crippen LogP contribution is 2.41. The maximum Gasteiger partial charge on any atom is 0.410 e. The van der Waals surface area contributed by atoms with Crippen molar-refractivity contribution in [2.45, 2.75) is 33.0 Å². The number of thiophene rings is 1. The van der Waals surface area contributed by atoms with Crippen molar-refractivity contribution in [1.82, 2.24) is 10.2 Å². The Bertz CT molecular complexity index is 974. The van der Waals surface area contributed by atoms with Crippen LogP contribution in [0, 0.1) is 0 Å². The molecule has 2 amide bonds. The van der Waals surface area contributed by atoms with Crippen LogP contribution in [0.2, 0.25) is 0 Å². The minimum atomic E-state index is -0.378. The normalized spacial score (nSPS) is 17.4. The number of amides is 2. The quantitative estimate of drug-likeness (QED) is 0.753. The summed E-state index contributed by atoms with van der Waals surface area (Å²) < 4.78 is 16.1. The van der Waals surface area contributed by atoms with Crippen LogP contribution in [0.3, 0.4) is 0 Å². The Morgan fingerprint density at radius 1 is 1.23 bits per heavy atom. The van der Waals surface area contributed by atoms with Crippen LogP contribution in [0.15, 0.2) is 18.2 Å². The molecular formula is C21H25N3O5S. The lowest BCUT2D eigenvalue weighted by molar-refractivity contribution is 0.0934. The molecule has 1 aromatic carbocycles. The Hall–Kier alpha value is -2.94. The Morgan fingerprint density at radius 2 is 2.07 bits per heavy atom. The van der Waals surface area contributed by atoms with Crippen molar-refractivity contribution in [1.29, 1.82) is 0 Å². The SMILES string of the molecule is CCOC(=O)N1CCc2c(sc3c2C(=O)N[C@H](c2ccc(OC)c(OCC)c2)N3)C1. The van der Waals surface area contributed by atoms with E-state index < -0.39 is 0 Å². The van der Waals surface area contributed by atoms with Crippen LogP contribution in [-0.4, -0.2) is 43.8 Å². The first-order valence-corrected chi connectivity index (χ1v) is 10.8. The van der Waals surface area contributed by atoms with Crippen LogP contribution in [0.25, 0.3) is 0 Å². The first-order valence-electron chi connectivity index (χ1n) is 10.00. The smallest absolute Gasteiger partial charge is 0.410 e. The third-order valence-corrected chi connectivity index (χ3v) is 6.33. The molecule has 2 aliphatic rings. The number of nitrogens with zero attached hydrogens (tertiary/aromatic N) is 1. The van der Waals surface area contributed by atoms with E-state index in [1.807, 2.05) is 25.1 Å². The number of rotatable bonds is 5. The molecular weight excluding hydrogens is 406 g/mol. The van der Waals surface area contributed by atoms with Crippen molar-refractivity contribution in [2.24, 2.45) is 0 Å². The number of carbonyl (C=O) groups is 2. The van der Waals surface area contributed by atoms with E-state index in [0.717, 1.165) is 21.0 Å². The van der Waals surface area contributed by atoms with Gasteiger partial charge in [-0.25, -0.2) is 4.79 Å². The predicted molar refractivity (Wildman–Crippen MR) is 113 cm³/mol. The summed E-state index contributed by atoms with van der Waals surface area (Å²) in [6.45, 7) is 5.57. The summed E-state index contributed by atoms with van der Waals surface area (Å²) in [6, 6.07) is 5.61. The van der Waals surface area contributed by atoms with Crippen molar-refractivity contribution >= 4 is 28.3 Å². The average molecular weight is 432 g/mol. The number of carbonyl (C=O) groups excluding carboxylic acids is 2. The van der Waals surface area contributed by atoms with E-state index in [2.05, 4.69) is 10.6 Å². The molecule has 4 rings (SSSR count). The maximum atomic E-state index is 12.9. The van der Waals surface area contributed by atoms with E-state index in [1.54, 1.807) is 18.9 Å². The van der Waals surface area contributed by atoms with Gasteiger partial charge in [0.25, 0.3) is 5.91 Å². The standard InChI is InChI=1S/C21H25N3O5S/c1-4-28-15-10-12(6-7-14(15)27-3)18-22-19(25)17-13-8-9-24(21(26)29-5-2)11-16(13)30-20(17)23-18/h6-7,10,18,23H,4-5,8-9,11H2,1-3H3,(H,22,25)/t18-/m0/s1. The third-order valence-electron chi connectivity index (χ3n) is 5.18. The molecule has 1 aromatic heterocycles. The highest BCUT2D eigenvalue weighted by molar-refractivity contribution is 7.16. The summed E-state index contributed by atoms with van der Waals surface area (Å²) in [4.78, 5) is 27.7. The van der Waals surface area contributed by atoms with Gasteiger partial charge in [-0.1, -0.05) is 6.07 Å². The van der Waals surface area contributed by atoms with Gasteiger partial charge in [-0.3, -0.25) is 4.79 Å². The second kappa shape index (κ2) is 8.43. The van der Waals surface area contributed by atoms with E-state index in [1.165, 1.54) is 11.3 Å². The fourth-order valence-corrected chi connectivity index (χ4v) is 5.08. The second-order valence-corrected chi connectivity index (χ2v) is 8.08. The molecule has 0 radical (unpaired) electrons. The van der Waals surface area contributed by atoms with Crippen LogP contribution >= 0.6 is 11.3 Å². The molecule has 2 aromatic rings. The van der Waals surface area contributed by atoms with Gasteiger partial charge in [0.1, 0.15) is 11.2 Å². The van der Waals surface area contributed by atoms with Crippen molar-refractivity contribution in [3.8, 4) is 11.5 Å². The van der Waals surface area contributed by atoms with Gasteiger partial charge in [-0.15, -0.1) is 11.3 Å². The fraction of sp³-hybridized carbons (Fsp3) is 0.429. The summed E-state index contributed by atoms with van der Waals surface area (Å²) >= 11 is 1.52. The molecule has 8 nitrogen and oxygen atoms in total. The van der Waals surface area contributed by atoms with E-state index in [9.17, 15) is 9.59 Å². The molecule has 30 heavy (non-hydrogen) atoms. The molecule has 2 N–H and O–H groups in total. The van der Waals surface area contributed by atoms with Gasteiger partial charge < -0.3 is 29.7 Å². The second-order valence-electron chi connectivity index (χ2n) is 6.97. The molecule has 3 heterocycles. The molecule has 0 unspecified atom stereocenters. The van der Waals surface area contributed by atoms with Gasteiger partial charge >= 0.3 is 6.09 Å². The molecule has 0 fully saturated rings. The molecule has 0 aliphatic carbocycles. The fourth-order valence-electron chi connectivity index (χ4n) is 3.79. The van der Waals surface area contributed by atoms with Gasteiger partial charge in [0, 0.05) is 11.4 Å². The highest BCUT2D eigenvalue weighted by atomic mass is 32.1. The Labute approximate surface area is 179 Å². The van der Waals surface area contributed by atoms with E-state index >= 15 is 0 Å². The third kappa shape index (κ3) is 3.65. The van der Waals surface area contributed by atoms with Gasteiger partial charge in [-0.05, 0) is 43.5 Å². The summed E-state index contributed by atoms with van der Waals surface area (Å²) in [6.07, 6.45) is -0.0561. The number of anilines is 1. The van der Waals surface area contributed by atoms with Crippen LogP contribution in [0.1, 0.15) is 46.4 Å². The van der Waals surface area contributed by atoms with E-state index in [0.29, 0.717) is 49.8 Å². The zero-order valence-electron chi connectivity index (χ0n) is 17.2. The Morgan fingerprint density at radius 3 is 2.80 bits per heavy atom. The molecule has 0 spiro atoms. The number of methoxy groups -OCH3 is 1. The van der Waals surface area contributed by atoms with Gasteiger partial charge in [-0.2, -0.15) is 0 Å². The number of benzene rings is 1. The van der Waals surface area contributed by atoms with E-state index in [4.69, 9.17) is 14.2 Å². The predicted octanol–water partition coefficient (Wildman–Crippen LogP) is 3.52. The van der Waals surface area contributed by atoms with Crippen molar-refractivity contribution in [2.75, 3.05) is 32.2 Å². The highest BCUT2D eigenvalue weighted by Gasteiger charge is 2.34. The largest absolute Gasteiger partial charge is 0.493 e. The molecule has 1 atom stereocenters. The van der Waals surface area contributed by atoms with Crippen molar-refractivity contribution < 1.29 is 23.8 Å². The monoisotopic (exact) mass is 431 g/mol. The van der Waals surface area contributed by atoms with Crippen LogP contribution in [0.4, 0.5) is 9.80 Å². The molecule has 0 saturated heterocycles. The number of ether oxygens (including phenoxy) is 3. The first kappa shape index (κ1) is 20.3. The zero-order valence-corrected chi connectivity index (χ0v) is 18.1. The molecule has 160 valence electrons. The lowest BCUT2D eigenvalue weighted by Gasteiger charge is -2.28. The minimum Gasteiger partial charge on any atom is -0.493 e. The molecule has 0 bridgehead atoms. The first-order chi connectivity index (χ1) is 14.5. The van der Waals surface area contributed by atoms with Gasteiger partial charge in [0.15, 0.2) is 11.5 Å². The zero-order chi connectivity index (χ0) is 21.3. The average Bonchev–Trinajstić information content (AvgIpc) is 3.12. The Kier molecular flexibility index (Phi) is 5.72. The molecule has 9 heteroatoms. The number of fused-ring (bicyclic) bond motifs is 3. The van der Waals surface area contributed by atoms with Crippen LogP contribution in [-0.2, 0) is 17.7 Å².